The van der Waals surface area contributed by atoms with Gasteiger partial charge >= 0.3 is 0 Å². The summed E-state index contributed by atoms with van der Waals surface area (Å²) in [6.45, 7) is 3.68. The zero-order valence-electron chi connectivity index (χ0n) is 17.1. The van der Waals surface area contributed by atoms with E-state index in [-0.39, 0.29) is 4.90 Å². The monoisotopic (exact) mass is 421 g/mol. The number of rotatable bonds is 6. The van der Waals surface area contributed by atoms with Crippen LogP contribution >= 0.6 is 0 Å². The van der Waals surface area contributed by atoms with E-state index in [0.29, 0.717) is 11.4 Å². The molecular formula is C24H23NO4S. The van der Waals surface area contributed by atoms with E-state index in [1.54, 1.807) is 74.7 Å². The Morgan fingerprint density at radius 3 is 2.20 bits per heavy atom. The molecule has 0 bridgehead atoms. The molecular weight excluding hydrogens is 398 g/mol. The Labute approximate surface area is 177 Å². The molecule has 5 nitrogen and oxygen atoms in total. The van der Waals surface area contributed by atoms with Crippen molar-refractivity contribution in [2.45, 2.75) is 18.7 Å². The van der Waals surface area contributed by atoms with E-state index in [1.807, 2.05) is 13.0 Å². The highest BCUT2D eigenvalue weighted by Gasteiger charge is 2.30. The second-order valence-electron chi connectivity index (χ2n) is 6.75. The van der Waals surface area contributed by atoms with Crippen LogP contribution in [0.25, 0.3) is 6.08 Å². The molecule has 0 aromatic heterocycles. The third-order valence-corrected chi connectivity index (χ3v) is 6.54. The van der Waals surface area contributed by atoms with Gasteiger partial charge in [-0.25, -0.2) is 8.42 Å². The first-order valence-corrected chi connectivity index (χ1v) is 10.8. The number of hydrogen-bond acceptors (Lipinski definition) is 4. The van der Waals surface area contributed by atoms with Gasteiger partial charge in [0.15, 0.2) is 0 Å². The second kappa shape index (κ2) is 8.97. The lowest BCUT2D eigenvalue weighted by Gasteiger charge is -2.24. The fourth-order valence-corrected chi connectivity index (χ4v) is 4.44. The van der Waals surface area contributed by atoms with E-state index in [9.17, 15) is 13.2 Å². The van der Waals surface area contributed by atoms with E-state index in [2.05, 4.69) is 0 Å². The second-order valence-corrected chi connectivity index (χ2v) is 8.53. The van der Waals surface area contributed by atoms with Crippen molar-refractivity contribution in [2.24, 2.45) is 0 Å². The summed E-state index contributed by atoms with van der Waals surface area (Å²) in [6, 6.07) is 20.3. The highest BCUT2D eigenvalue weighted by molar-refractivity contribution is 7.93. The molecule has 3 aromatic rings. The van der Waals surface area contributed by atoms with E-state index in [0.717, 1.165) is 21.0 Å². The standard InChI is InChI=1S/C24H23NO4S/c1-18-8-7-11-23(19(18)2)25(30(27,28)22-9-5-4-6-10-22)24(26)17-14-20-12-15-21(29-3)16-13-20/h4-17H,1-3H3/b17-14+. The molecule has 0 aliphatic heterocycles. The normalized spacial score (nSPS) is 11.4. The summed E-state index contributed by atoms with van der Waals surface area (Å²) in [5, 5.41) is 0. The van der Waals surface area contributed by atoms with Crippen molar-refractivity contribution in [1.29, 1.82) is 0 Å². The van der Waals surface area contributed by atoms with Gasteiger partial charge in [0.05, 0.1) is 17.7 Å². The smallest absolute Gasteiger partial charge is 0.271 e. The lowest BCUT2D eigenvalue weighted by Crippen LogP contribution is -2.36. The fourth-order valence-electron chi connectivity index (χ4n) is 2.97. The van der Waals surface area contributed by atoms with Crippen LogP contribution < -0.4 is 9.04 Å². The van der Waals surface area contributed by atoms with Crippen LogP contribution in [0.4, 0.5) is 5.69 Å². The van der Waals surface area contributed by atoms with Crippen LogP contribution in [0.1, 0.15) is 16.7 Å². The van der Waals surface area contributed by atoms with Crippen LogP contribution in [0.15, 0.2) is 83.8 Å². The Morgan fingerprint density at radius 2 is 1.57 bits per heavy atom. The summed E-state index contributed by atoms with van der Waals surface area (Å²) < 4.78 is 32.8. The fraction of sp³-hybridized carbons (Fsp3) is 0.125. The molecule has 0 spiro atoms. The number of aryl methyl sites for hydroxylation is 1. The maximum atomic E-state index is 13.4. The summed E-state index contributed by atoms with van der Waals surface area (Å²) in [7, 11) is -2.52. The molecule has 1 amide bonds. The van der Waals surface area contributed by atoms with Crippen LogP contribution in [0.5, 0.6) is 5.75 Å². The summed E-state index contributed by atoms with van der Waals surface area (Å²) in [5.74, 6) is 0.0468. The Balaban J connectivity index is 2.06. The number of anilines is 1. The number of carbonyl (C=O) groups excluding carboxylic acids is 1. The number of hydrogen-bond donors (Lipinski definition) is 0. The molecule has 0 saturated heterocycles. The molecule has 154 valence electrons. The molecule has 3 rings (SSSR count). The minimum atomic E-state index is -4.10. The Hall–Kier alpha value is -3.38. The maximum Gasteiger partial charge on any atom is 0.271 e. The highest BCUT2D eigenvalue weighted by atomic mass is 32.2. The molecule has 0 aliphatic rings. The van der Waals surface area contributed by atoms with Gasteiger partial charge in [-0.15, -0.1) is 0 Å². The first-order chi connectivity index (χ1) is 14.3. The van der Waals surface area contributed by atoms with E-state index in [1.165, 1.54) is 18.2 Å². The van der Waals surface area contributed by atoms with Crippen molar-refractivity contribution >= 4 is 27.7 Å². The van der Waals surface area contributed by atoms with E-state index >= 15 is 0 Å². The van der Waals surface area contributed by atoms with Crippen molar-refractivity contribution < 1.29 is 17.9 Å². The minimum Gasteiger partial charge on any atom is -0.497 e. The zero-order valence-corrected chi connectivity index (χ0v) is 17.9. The third kappa shape index (κ3) is 4.44. The number of sulfonamides is 1. The first-order valence-electron chi connectivity index (χ1n) is 9.37. The number of ether oxygens (including phenoxy) is 1. The predicted molar refractivity (Wildman–Crippen MR) is 119 cm³/mol. The molecule has 0 radical (unpaired) electrons. The third-order valence-electron chi connectivity index (χ3n) is 4.81. The predicted octanol–water partition coefficient (Wildman–Crippen LogP) is 4.75. The largest absolute Gasteiger partial charge is 0.497 e. The molecule has 30 heavy (non-hydrogen) atoms. The summed E-state index contributed by atoms with van der Waals surface area (Å²) in [6.07, 6.45) is 2.85. The number of nitrogens with zero attached hydrogens (tertiary/aromatic N) is 1. The molecule has 0 unspecified atom stereocenters. The molecule has 3 aromatic carbocycles. The van der Waals surface area contributed by atoms with Crippen molar-refractivity contribution in [1.82, 2.24) is 0 Å². The van der Waals surface area contributed by atoms with Gasteiger partial charge in [-0.2, -0.15) is 4.31 Å². The molecule has 0 heterocycles. The van der Waals surface area contributed by atoms with Crippen LogP contribution in [0, 0.1) is 13.8 Å². The topological polar surface area (TPSA) is 63.7 Å². The maximum absolute atomic E-state index is 13.4. The quantitative estimate of drug-likeness (QED) is 0.539. The number of benzene rings is 3. The van der Waals surface area contributed by atoms with Gasteiger partial charge in [0, 0.05) is 6.08 Å². The average molecular weight is 422 g/mol. The summed E-state index contributed by atoms with van der Waals surface area (Å²) in [4.78, 5) is 13.2. The molecule has 0 saturated carbocycles. The number of methoxy groups -OCH3 is 1. The van der Waals surface area contributed by atoms with Gasteiger partial charge in [0.1, 0.15) is 5.75 Å². The lowest BCUT2D eigenvalue weighted by molar-refractivity contribution is -0.113. The number of carbonyl (C=O) groups is 1. The summed E-state index contributed by atoms with van der Waals surface area (Å²) >= 11 is 0. The van der Waals surface area contributed by atoms with Crippen molar-refractivity contribution in [2.75, 3.05) is 11.4 Å². The van der Waals surface area contributed by atoms with Crippen molar-refractivity contribution in [3.05, 3.63) is 95.6 Å². The zero-order chi connectivity index (χ0) is 21.7. The highest BCUT2D eigenvalue weighted by Crippen LogP contribution is 2.29. The Bertz CT molecular complexity index is 1170. The first kappa shape index (κ1) is 21.3. The molecule has 0 fully saturated rings. The van der Waals surface area contributed by atoms with Gasteiger partial charge in [0.25, 0.3) is 15.9 Å². The Morgan fingerprint density at radius 1 is 0.900 bits per heavy atom. The summed E-state index contributed by atoms with van der Waals surface area (Å²) in [5.41, 5.74) is 2.71. The molecule has 6 heteroatoms. The Kier molecular flexibility index (Phi) is 6.37. The van der Waals surface area contributed by atoms with Crippen LogP contribution in [-0.2, 0) is 14.8 Å². The van der Waals surface area contributed by atoms with Gasteiger partial charge in [0.2, 0.25) is 0 Å². The molecule has 0 aliphatic carbocycles. The van der Waals surface area contributed by atoms with E-state index in [4.69, 9.17) is 4.74 Å². The van der Waals surface area contributed by atoms with Gasteiger partial charge in [-0.1, -0.05) is 42.5 Å². The van der Waals surface area contributed by atoms with Gasteiger partial charge in [-0.3, -0.25) is 4.79 Å². The molecule has 0 atom stereocenters. The minimum absolute atomic E-state index is 0.0529. The van der Waals surface area contributed by atoms with Crippen molar-refractivity contribution in [3.8, 4) is 5.75 Å². The lowest BCUT2D eigenvalue weighted by atomic mass is 10.1. The number of amides is 1. The molecule has 0 N–H and O–H groups in total. The van der Waals surface area contributed by atoms with Crippen LogP contribution in [-0.4, -0.2) is 21.4 Å². The van der Waals surface area contributed by atoms with Gasteiger partial charge in [-0.05, 0) is 66.9 Å². The van der Waals surface area contributed by atoms with Crippen LogP contribution in [0.3, 0.4) is 0 Å². The SMILES string of the molecule is COc1ccc(/C=C/C(=O)N(c2cccc(C)c2C)S(=O)(=O)c2ccccc2)cc1. The van der Waals surface area contributed by atoms with Crippen molar-refractivity contribution in [3.63, 3.8) is 0 Å². The van der Waals surface area contributed by atoms with Crippen LogP contribution in [0.2, 0.25) is 0 Å². The average Bonchev–Trinajstić information content (AvgIpc) is 2.76. The van der Waals surface area contributed by atoms with Gasteiger partial charge < -0.3 is 4.74 Å². The van der Waals surface area contributed by atoms with E-state index < -0.39 is 15.9 Å².